The average Bonchev–Trinajstić information content (AvgIpc) is 2.26. The molecule has 0 saturated heterocycles. The van der Waals surface area contributed by atoms with Crippen LogP contribution in [0.3, 0.4) is 0 Å². The van der Waals surface area contributed by atoms with Crippen molar-refractivity contribution in [1.82, 2.24) is 5.32 Å². The molecule has 5 heteroatoms. The predicted octanol–water partition coefficient (Wildman–Crippen LogP) is 1.90. The second kappa shape index (κ2) is 6.00. The Morgan fingerprint density at radius 1 is 1.47 bits per heavy atom. The van der Waals surface area contributed by atoms with Gasteiger partial charge >= 0.3 is 5.97 Å². The van der Waals surface area contributed by atoms with Gasteiger partial charge in [-0.25, -0.2) is 0 Å². The Balaban J connectivity index is 2.62. The molecule has 0 spiro atoms. The highest BCUT2D eigenvalue weighted by atomic mass is 35.5. The van der Waals surface area contributed by atoms with E-state index in [1.165, 1.54) is 0 Å². The van der Waals surface area contributed by atoms with Crippen LogP contribution in [-0.4, -0.2) is 22.9 Å². The Morgan fingerprint density at radius 2 is 2.07 bits per heavy atom. The van der Waals surface area contributed by atoms with Crippen LogP contribution in [0, 0.1) is 0 Å². The molecule has 2 atom stereocenters. The van der Waals surface area contributed by atoms with Gasteiger partial charge in [-0.2, -0.15) is 12.6 Å². The van der Waals surface area contributed by atoms with E-state index in [1.54, 1.807) is 0 Å². The molecule has 1 aromatic rings. The van der Waals surface area contributed by atoms with Crippen molar-refractivity contribution >= 4 is 30.2 Å². The monoisotopic (exact) mass is 245 g/mol. The molecule has 0 aliphatic carbocycles. The van der Waals surface area contributed by atoms with Crippen LogP contribution in [-0.2, 0) is 4.79 Å². The van der Waals surface area contributed by atoms with Gasteiger partial charge in [0, 0.05) is 5.75 Å². The van der Waals surface area contributed by atoms with Crippen molar-refractivity contribution in [2.75, 3.05) is 5.75 Å². The third-order valence-electron chi connectivity index (χ3n) is 1.92. The summed E-state index contributed by atoms with van der Waals surface area (Å²) in [6.07, 6.45) is 0. The van der Waals surface area contributed by atoms with Crippen molar-refractivity contribution < 1.29 is 9.90 Å². The fourth-order valence-corrected chi connectivity index (χ4v) is 1.66. The van der Waals surface area contributed by atoms with E-state index in [-0.39, 0.29) is 5.75 Å². The Labute approximate surface area is 98.9 Å². The average molecular weight is 246 g/mol. The van der Waals surface area contributed by atoms with E-state index in [4.69, 9.17) is 16.7 Å². The molecular formula is C10H12ClNO2S. The van der Waals surface area contributed by atoms with Gasteiger partial charge in [-0.15, -0.1) is 11.6 Å². The van der Waals surface area contributed by atoms with Crippen molar-refractivity contribution in [2.45, 2.75) is 11.5 Å². The van der Waals surface area contributed by atoms with Crippen molar-refractivity contribution in [3.63, 3.8) is 0 Å². The van der Waals surface area contributed by atoms with Crippen LogP contribution < -0.4 is 5.32 Å². The molecule has 82 valence electrons. The molecule has 0 aliphatic heterocycles. The van der Waals surface area contributed by atoms with E-state index in [0.717, 1.165) is 5.56 Å². The van der Waals surface area contributed by atoms with Crippen LogP contribution >= 0.6 is 24.2 Å². The summed E-state index contributed by atoms with van der Waals surface area (Å²) >= 11 is 9.96. The van der Waals surface area contributed by atoms with Gasteiger partial charge in [0.2, 0.25) is 0 Å². The topological polar surface area (TPSA) is 49.3 Å². The Kier molecular flexibility index (Phi) is 4.94. The first-order chi connectivity index (χ1) is 7.15. The number of benzene rings is 1. The first kappa shape index (κ1) is 12.4. The summed E-state index contributed by atoms with van der Waals surface area (Å²) < 4.78 is 0. The lowest BCUT2D eigenvalue weighted by Crippen LogP contribution is -2.39. The zero-order valence-corrected chi connectivity index (χ0v) is 9.58. The van der Waals surface area contributed by atoms with Gasteiger partial charge in [0.15, 0.2) is 0 Å². The molecule has 15 heavy (non-hydrogen) atoms. The summed E-state index contributed by atoms with van der Waals surface area (Å²) in [6.45, 7) is 0. The maximum atomic E-state index is 10.7. The third-order valence-corrected chi connectivity index (χ3v) is 2.66. The molecule has 0 aromatic heterocycles. The number of carboxylic acid groups (broad SMARTS) is 1. The fourth-order valence-electron chi connectivity index (χ4n) is 1.10. The first-order valence-electron chi connectivity index (χ1n) is 4.44. The summed E-state index contributed by atoms with van der Waals surface area (Å²) in [4.78, 5) is 10.7. The molecule has 0 saturated carbocycles. The van der Waals surface area contributed by atoms with Gasteiger partial charge < -0.3 is 5.11 Å². The molecule has 0 amide bonds. The second-order valence-corrected chi connectivity index (χ2v) is 3.81. The predicted molar refractivity (Wildman–Crippen MR) is 63.4 cm³/mol. The number of rotatable bonds is 5. The minimum absolute atomic E-state index is 0.200. The molecule has 0 radical (unpaired) electrons. The van der Waals surface area contributed by atoms with Crippen LogP contribution in [0.1, 0.15) is 11.1 Å². The molecule has 0 fully saturated rings. The standard InChI is InChI=1S/C10H12ClNO2S/c11-9(7-4-2-1-3-5-7)12-8(6-15)10(13)14/h1-5,8-9,12,15H,6H2,(H,13,14)/t8?,9-/m1/s1. The van der Waals surface area contributed by atoms with Gasteiger partial charge in [-0.05, 0) is 5.56 Å². The lowest BCUT2D eigenvalue weighted by molar-refractivity contribution is -0.138. The van der Waals surface area contributed by atoms with Crippen molar-refractivity contribution in [3.8, 4) is 0 Å². The minimum atomic E-state index is -0.952. The van der Waals surface area contributed by atoms with Crippen molar-refractivity contribution in [2.24, 2.45) is 0 Å². The molecule has 1 unspecified atom stereocenters. The highest BCUT2D eigenvalue weighted by Crippen LogP contribution is 2.17. The normalized spacial score (nSPS) is 14.5. The Bertz CT molecular complexity index is 320. The minimum Gasteiger partial charge on any atom is -0.480 e. The summed E-state index contributed by atoms with van der Waals surface area (Å²) in [5, 5.41) is 11.6. The Morgan fingerprint density at radius 3 is 2.53 bits per heavy atom. The van der Waals surface area contributed by atoms with Crippen LogP contribution in [0.15, 0.2) is 30.3 Å². The number of thiol groups is 1. The summed E-state index contributed by atoms with van der Waals surface area (Å²) in [6, 6.07) is 8.51. The number of carboxylic acids is 1. The number of hydrogen-bond donors (Lipinski definition) is 3. The van der Waals surface area contributed by atoms with E-state index >= 15 is 0 Å². The highest BCUT2D eigenvalue weighted by molar-refractivity contribution is 7.80. The number of nitrogens with one attached hydrogen (secondary N) is 1. The quantitative estimate of drug-likeness (QED) is 0.422. The lowest BCUT2D eigenvalue weighted by atomic mass is 10.2. The van der Waals surface area contributed by atoms with Crippen molar-refractivity contribution in [1.29, 1.82) is 0 Å². The first-order valence-corrected chi connectivity index (χ1v) is 5.50. The lowest BCUT2D eigenvalue weighted by Gasteiger charge is -2.17. The van der Waals surface area contributed by atoms with Gasteiger partial charge in [0.25, 0.3) is 0 Å². The van der Waals surface area contributed by atoms with Crippen LogP contribution in [0.25, 0.3) is 0 Å². The maximum Gasteiger partial charge on any atom is 0.321 e. The smallest absolute Gasteiger partial charge is 0.321 e. The van der Waals surface area contributed by atoms with Crippen LogP contribution in [0.4, 0.5) is 0 Å². The van der Waals surface area contributed by atoms with Crippen LogP contribution in [0.2, 0.25) is 0 Å². The fraction of sp³-hybridized carbons (Fsp3) is 0.300. The summed E-state index contributed by atoms with van der Waals surface area (Å²) in [7, 11) is 0. The summed E-state index contributed by atoms with van der Waals surface area (Å²) in [5.74, 6) is -0.752. The molecular weight excluding hydrogens is 234 g/mol. The molecule has 2 N–H and O–H groups in total. The van der Waals surface area contributed by atoms with E-state index in [0.29, 0.717) is 0 Å². The molecule has 0 heterocycles. The second-order valence-electron chi connectivity index (χ2n) is 3.01. The van der Waals surface area contributed by atoms with Crippen LogP contribution in [0.5, 0.6) is 0 Å². The number of carbonyl (C=O) groups is 1. The zero-order valence-electron chi connectivity index (χ0n) is 7.93. The molecule has 1 aromatic carbocycles. The summed E-state index contributed by atoms with van der Waals surface area (Å²) in [5.41, 5.74) is 0.326. The van der Waals surface area contributed by atoms with E-state index in [2.05, 4.69) is 17.9 Å². The van der Waals surface area contributed by atoms with Gasteiger partial charge in [0.1, 0.15) is 11.5 Å². The van der Waals surface area contributed by atoms with E-state index in [1.807, 2.05) is 30.3 Å². The SMILES string of the molecule is O=C(O)C(CS)N[C@@H](Cl)c1ccccc1. The van der Waals surface area contributed by atoms with E-state index in [9.17, 15) is 4.79 Å². The highest BCUT2D eigenvalue weighted by Gasteiger charge is 2.19. The van der Waals surface area contributed by atoms with E-state index < -0.39 is 17.5 Å². The van der Waals surface area contributed by atoms with Gasteiger partial charge in [-0.1, -0.05) is 30.3 Å². The molecule has 3 nitrogen and oxygen atoms in total. The van der Waals surface area contributed by atoms with Gasteiger partial charge in [-0.3, -0.25) is 10.1 Å². The number of alkyl halides is 1. The molecule has 0 aliphatic rings. The molecule has 1 rings (SSSR count). The van der Waals surface area contributed by atoms with Crippen molar-refractivity contribution in [3.05, 3.63) is 35.9 Å². The largest absolute Gasteiger partial charge is 0.480 e. The third kappa shape index (κ3) is 3.74. The number of halogens is 1. The zero-order chi connectivity index (χ0) is 11.3. The van der Waals surface area contributed by atoms with Gasteiger partial charge in [0.05, 0.1) is 0 Å². The number of hydrogen-bond acceptors (Lipinski definition) is 3. The Hall–Kier alpha value is -0.710. The maximum absolute atomic E-state index is 10.7. The number of aliphatic carboxylic acids is 1. The molecule has 0 bridgehead atoms.